The first-order chi connectivity index (χ1) is 10.2. The summed E-state index contributed by atoms with van der Waals surface area (Å²) in [6.07, 6.45) is 5.66. The smallest absolute Gasteiger partial charge is 0.0655 e. The van der Waals surface area contributed by atoms with Gasteiger partial charge in [-0.2, -0.15) is 0 Å². The fourth-order valence-electron chi connectivity index (χ4n) is 3.61. The molecule has 21 heavy (non-hydrogen) atoms. The van der Waals surface area contributed by atoms with Gasteiger partial charge in [0.05, 0.1) is 16.8 Å². The molecule has 1 aliphatic carbocycles. The van der Waals surface area contributed by atoms with Crippen LogP contribution < -0.4 is 5.32 Å². The molecule has 4 rings (SSSR count). The first-order valence-corrected chi connectivity index (χ1v) is 7.97. The summed E-state index contributed by atoms with van der Waals surface area (Å²) < 4.78 is 0. The van der Waals surface area contributed by atoms with Gasteiger partial charge in [-0.3, -0.25) is 0 Å². The molecule has 0 bridgehead atoms. The lowest BCUT2D eigenvalue weighted by atomic mass is 9.77. The van der Waals surface area contributed by atoms with Crippen molar-refractivity contribution in [3.63, 3.8) is 0 Å². The highest BCUT2D eigenvalue weighted by molar-refractivity contribution is 6.36. The second-order valence-corrected chi connectivity index (χ2v) is 6.58. The second-order valence-electron chi connectivity index (χ2n) is 5.74. The summed E-state index contributed by atoms with van der Waals surface area (Å²) in [6.45, 7) is 0. The van der Waals surface area contributed by atoms with E-state index in [0.29, 0.717) is 21.9 Å². The quantitative estimate of drug-likeness (QED) is 0.654. The van der Waals surface area contributed by atoms with E-state index in [-0.39, 0.29) is 6.04 Å². The molecule has 106 valence electrons. The lowest BCUT2D eigenvalue weighted by molar-refractivity contribution is 0.425. The van der Waals surface area contributed by atoms with Crippen molar-refractivity contribution < 1.29 is 0 Å². The van der Waals surface area contributed by atoms with Gasteiger partial charge in [-0.1, -0.05) is 65.7 Å². The largest absolute Gasteiger partial charge is 0.376 e. The molecule has 0 spiro atoms. The molecule has 0 radical (unpaired) electrons. The molecule has 0 saturated carbocycles. The van der Waals surface area contributed by atoms with Crippen molar-refractivity contribution in [3.05, 3.63) is 75.8 Å². The number of nitrogens with one attached hydrogen (secondary N) is 1. The average Bonchev–Trinajstić information content (AvgIpc) is 2.97. The fourth-order valence-corrected chi connectivity index (χ4v) is 4.18. The molecule has 0 aromatic heterocycles. The maximum absolute atomic E-state index is 6.42. The first kappa shape index (κ1) is 13.2. The number of anilines is 1. The summed E-state index contributed by atoms with van der Waals surface area (Å²) >= 11 is 12.6. The molecule has 2 aromatic rings. The van der Waals surface area contributed by atoms with E-state index < -0.39 is 0 Å². The van der Waals surface area contributed by atoms with Gasteiger partial charge < -0.3 is 5.32 Å². The van der Waals surface area contributed by atoms with Crippen LogP contribution in [0, 0.1) is 5.92 Å². The predicted molar refractivity (Wildman–Crippen MR) is 89.3 cm³/mol. The molecular formula is C18H15Cl2N. The van der Waals surface area contributed by atoms with Crippen LogP contribution in [0.3, 0.4) is 0 Å². The van der Waals surface area contributed by atoms with E-state index in [0.717, 1.165) is 12.1 Å². The highest BCUT2D eigenvalue weighted by Crippen LogP contribution is 2.52. The van der Waals surface area contributed by atoms with Gasteiger partial charge in [0.2, 0.25) is 0 Å². The predicted octanol–water partition coefficient (Wildman–Crippen LogP) is 5.82. The Balaban J connectivity index is 1.84. The Labute approximate surface area is 134 Å². The van der Waals surface area contributed by atoms with E-state index in [9.17, 15) is 0 Å². The number of rotatable bonds is 1. The van der Waals surface area contributed by atoms with Crippen LogP contribution in [0.4, 0.5) is 5.69 Å². The molecule has 0 saturated heterocycles. The molecule has 1 N–H and O–H groups in total. The van der Waals surface area contributed by atoms with Crippen LogP contribution in [0.2, 0.25) is 10.0 Å². The molecule has 2 aromatic carbocycles. The van der Waals surface area contributed by atoms with Crippen LogP contribution in [-0.4, -0.2) is 0 Å². The van der Waals surface area contributed by atoms with Crippen LogP contribution >= 0.6 is 23.2 Å². The minimum absolute atomic E-state index is 0.289. The third-order valence-corrected chi connectivity index (χ3v) is 5.06. The van der Waals surface area contributed by atoms with Gasteiger partial charge in [0, 0.05) is 10.9 Å². The average molecular weight is 316 g/mol. The zero-order valence-corrected chi connectivity index (χ0v) is 12.9. The summed E-state index contributed by atoms with van der Waals surface area (Å²) in [7, 11) is 0. The third-order valence-electron chi connectivity index (χ3n) is 4.54. The van der Waals surface area contributed by atoms with Crippen molar-refractivity contribution >= 4 is 28.9 Å². The van der Waals surface area contributed by atoms with E-state index in [1.165, 1.54) is 11.1 Å². The number of benzene rings is 2. The third kappa shape index (κ3) is 2.16. The lowest BCUT2D eigenvalue weighted by Crippen LogP contribution is -2.29. The molecule has 1 aliphatic heterocycles. The highest BCUT2D eigenvalue weighted by Gasteiger charge is 2.38. The van der Waals surface area contributed by atoms with Gasteiger partial charge in [-0.05, 0) is 35.6 Å². The Morgan fingerprint density at radius 3 is 2.67 bits per heavy atom. The second kappa shape index (κ2) is 5.08. The number of halogens is 2. The topological polar surface area (TPSA) is 12.0 Å². The van der Waals surface area contributed by atoms with Crippen LogP contribution in [0.5, 0.6) is 0 Å². The number of hydrogen-bond acceptors (Lipinski definition) is 1. The van der Waals surface area contributed by atoms with E-state index in [4.69, 9.17) is 23.2 Å². The zero-order chi connectivity index (χ0) is 14.4. The van der Waals surface area contributed by atoms with Crippen LogP contribution in [0.1, 0.15) is 29.5 Å². The highest BCUT2D eigenvalue weighted by atomic mass is 35.5. The maximum Gasteiger partial charge on any atom is 0.0655 e. The Hall–Kier alpha value is -1.44. The summed E-state index contributed by atoms with van der Waals surface area (Å²) in [5, 5.41) is 5.06. The van der Waals surface area contributed by atoms with Gasteiger partial charge >= 0.3 is 0 Å². The summed E-state index contributed by atoms with van der Waals surface area (Å²) in [6, 6.07) is 14.7. The van der Waals surface area contributed by atoms with Gasteiger partial charge in [-0.15, -0.1) is 0 Å². The van der Waals surface area contributed by atoms with E-state index in [1.54, 1.807) is 0 Å². The summed E-state index contributed by atoms with van der Waals surface area (Å²) in [4.78, 5) is 0. The van der Waals surface area contributed by atoms with Crippen molar-refractivity contribution in [1.82, 2.24) is 0 Å². The number of allylic oxidation sites excluding steroid dienone is 2. The Bertz CT molecular complexity index is 709. The normalized spacial score (nSPS) is 26.1. The Kier molecular flexibility index (Phi) is 3.20. The van der Waals surface area contributed by atoms with Crippen molar-refractivity contribution in [2.45, 2.75) is 18.4 Å². The zero-order valence-electron chi connectivity index (χ0n) is 11.4. The lowest BCUT2D eigenvalue weighted by Gasteiger charge is -2.38. The minimum Gasteiger partial charge on any atom is -0.376 e. The van der Waals surface area contributed by atoms with Gasteiger partial charge in [0.25, 0.3) is 0 Å². The van der Waals surface area contributed by atoms with E-state index >= 15 is 0 Å². The number of fused-ring (bicyclic) bond motifs is 3. The molecule has 1 heterocycles. The molecule has 0 unspecified atom stereocenters. The molecule has 1 nitrogen and oxygen atoms in total. The van der Waals surface area contributed by atoms with E-state index in [2.05, 4.69) is 47.8 Å². The molecule has 3 heteroatoms. The number of hydrogen-bond donors (Lipinski definition) is 1. The Morgan fingerprint density at radius 2 is 1.86 bits per heavy atom. The fraction of sp³-hybridized carbons (Fsp3) is 0.222. The minimum atomic E-state index is 0.289. The monoisotopic (exact) mass is 315 g/mol. The SMILES string of the molecule is Clc1cc(Cl)c2c(c1)[C@@H]1C=CC[C@@H]1[C@@H](c1ccccc1)N2. The standard InChI is InChI=1S/C18H15Cl2N/c19-12-9-15-13-7-4-8-14(13)17(11-5-2-1-3-6-11)21-18(15)16(20)10-12/h1-7,9-10,13-14,17,21H,8H2/t13-,14+,17-/m1/s1. The van der Waals surface area contributed by atoms with Gasteiger partial charge in [-0.25, -0.2) is 0 Å². The van der Waals surface area contributed by atoms with E-state index in [1.807, 2.05) is 12.1 Å². The molecule has 2 aliphatic rings. The van der Waals surface area contributed by atoms with Crippen LogP contribution in [-0.2, 0) is 0 Å². The molecule has 0 amide bonds. The summed E-state index contributed by atoms with van der Waals surface area (Å²) in [5.41, 5.74) is 3.56. The first-order valence-electron chi connectivity index (χ1n) is 7.21. The Morgan fingerprint density at radius 1 is 1.05 bits per heavy atom. The van der Waals surface area contributed by atoms with Gasteiger partial charge in [0.1, 0.15) is 0 Å². The van der Waals surface area contributed by atoms with Crippen molar-refractivity contribution in [2.75, 3.05) is 5.32 Å². The van der Waals surface area contributed by atoms with Crippen LogP contribution in [0.15, 0.2) is 54.6 Å². The maximum atomic E-state index is 6.42. The molecular weight excluding hydrogens is 301 g/mol. The van der Waals surface area contributed by atoms with Gasteiger partial charge in [0.15, 0.2) is 0 Å². The van der Waals surface area contributed by atoms with Crippen molar-refractivity contribution in [2.24, 2.45) is 5.92 Å². The molecule has 3 atom stereocenters. The molecule has 0 fully saturated rings. The van der Waals surface area contributed by atoms with Crippen molar-refractivity contribution in [3.8, 4) is 0 Å². The van der Waals surface area contributed by atoms with Crippen LogP contribution in [0.25, 0.3) is 0 Å². The summed E-state index contributed by atoms with van der Waals surface area (Å²) in [5.74, 6) is 0.914. The van der Waals surface area contributed by atoms with Crippen molar-refractivity contribution in [1.29, 1.82) is 0 Å².